The first kappa shape index (κ1) is 13.6. The zero-order valence-corrected chi connectivity index (χ0v) is 11.8. The van der Waals surface area contributed by atoms with Crippen LogP contribution in [0.4, 0.5) is 0 Å². The molecule has 1 aromatic carbocycles. The molecule has 1 atom stereocenters. The number of benzene rings is 1. The molecule has 0 amide bonds. The topological polar surface area (TPSA) is 32.3 Å². The molecule has 1 heterocycles. The monoisotopic (exact) mass is 247 g/mol. The van der Waals surface area contributed by atoms with Crippen molar-refractivity contribution < 1.29 is 5.11 Å². The first-order chi connectivity index (χ1) is 8.56. The van der Waals surface area contributed by atoms with Gasteiger partial charge in [-0.1, -0.05) is 17.7 Å². The average molecular weight is 247 g/mol. The van der Waals surface area contributed by atoms with Crippen LogP contribution in [-0.2, 0) is 6.42 Å². The quantitative estimate of drug-likeness (QED) is 0.860. The van der Waals surface area contributed by atoms with Gasteiger partial charge in [0.05, 0.1) is 6.61 Å². The normalized spacial score (nSPS) is 24.2. The van der Waals surface area contributed by atoms with Gasteiger partial charge in [-0.05, 0) is 63.3 Å². The van der Waals surface area contributed by atoms with Crippen molar-refractivity contribution >= 4 is 0 Å². The zero-order chi connectivity index (χ0) is 13.2. The van der Waals surface area contributed by atoms with Gasteiger partial charge >= 0.3 is 0 Å². The lowest BCUT2D eigenvalue weighted by molar-refractivity contribution is 0.0945. The van der Waals surface area contributed by atoms with Gasteiger partial charge in [0.25, 0.3) is 0 Å². The lowest BCUT2D eigenvalue weighted by atomic mass is 9.75. The second kappa shape index (κ2) is 5.41. The molecule has 0 aromatic heterocycles. The van der Waals surface area contributed by atoms with Crippen LogP contribution in [0.15, 0.2) is 12.1 Å². The average Bonchev–Trinajstić information content (AvgIpc) is 2.35. The highest BCUT2D eigenvalue weighted by Crippen LogP contribution is 2.32. The summed E-state index contributed by atoms with van der Waals surface area (Å²) in [5.74, 6) is 0. The molecule has 18 heavy (non-hydrogen) atoms. The van der Waals surface area contributed by atoms with Crippen LogP contribution >= 0.6 is 0 Å². The Morgan fingerprint density at radius 1 is 1.22 bits per heavy atom. The van der Waals surface area contributed by atoms with Crippen LogP contribution in [0.3, 0.4) is 0 Å². The van der Waals surface area contributed by atoms with Gasteiger partial charge < -0.3 is 10.4 Å². The van der Waals surface area contributed by atoms with Crippen LogP contribution in [0, 0.1) is 26.2 Å². The molecule has 0 bridgehead atoms. The number of aryl methyl sites for hydroxylation is 3. The predicted octanol–water partition coefficient (Wildman–Crippen LogP) is 2.52. The number of piperidine rings is 1. The summed E-state index contributed by atoms with van der Waals surface area (Å²) in [6.45, 7) is 8.84. The number of rotatable bonds is 3. The van der Waals surface area contributed by atoms with E-state index >= 15 is 0 Å². The summed E-state index contributed by atoms with van der Waals surface area (Å²) in [5, 5.41) is 13.2. The summed E-state index contributed by atoms with van der Waals surface area (Å²) in [5.41, 5.74) is 5.53. The molecule has 2 nitrogen and oxygen atoms in total. The van der Waals surface area contributed by atoms with E-state index in [0.29, 0.717) is 0 Å². The van der Waals surface area contributed by atoms with E-state index in [1.807, 2.05) is 0 Å². The highest BCUT2D eigenvalue weighted by Gasteiger charge is 2.32. The SMILES string of the molecule is Cc1cc(C)c(CC2(CO)CCCNC2)c(C)c1. The van der Waals surface area contributed by atoms with Crippen LogP contribution in [0.25, 0.3) is 0 Å². The van der Waals surface area contributed by atoms with Crippen molar-refractivity contribution in [3.63, 3.8) is 0 Å². The number of hydrogen-bond acceptors (Lipinski definition) is 2. The summed E-state index contributed by atoms with van der Waals surface area (Å²) in [6.07, 6.45) is 3.29. The van der Waals surface area contributed by atoms with Crippen molar-refractivity contribution in [1.82, 2.24) is 5.32 Å². The molecule has 1 aliphatic rings. The van der Waals surface area contributed by atoms with Crippen molar-refractivity contribution in [1.29, 1.82) is 0 Å². The van der Waals surface area contributed by atoms with Gasteiger partial charge in [-0.25, -0.2) is 0 Å². The molecule has 1 unspecified atom stereocenters. The molecule has 1 fully saturated rings. The van der Waals surface area contributed by atoms with Gasteiger partial charge in [0.1, 0.15) is 0 Å². The predicted molar refractivity (Wildman–Crippen MR) is 76.0 cm³/mol. The maximum atomic E-state index is 9.80. The van der Waals surface area contributed by atoms with E-state index in [9.17, 15) is 5.11 Å². The molecule has 2 rings (SSSR count). The molecule has 0 saturated carbocycles. The van der Waals surface area contributed by atoms with Gasteiger partial charge in [-0.3, -0.25) is 0 Å². The fourth-order valence-electron chi connectivity index (χ4n) is 3.24. The van der Waals surface area contributed by atoms with Crippen LogP contribution in [0.1, 0.15) is 35.1 Å². The molecule has 100 valence electrons. The maximum Gasteiger partial charge on any atom is 0.0502 e. The van der Waals surface area contributed by atoms with E-state index < -0.39 is 0 Å². The minimum atomic E-state index is 0.0447. The fourth-order valence-corrected chi connectivity index (χ4v) is 3.24. The van der Waals surface area contributed by atoms with E-state index in [2.05, 4.69) is 38.2 Å². The standard InChI is InChI=1S/C16H25NO/c1-12-7-13(2)15(14(3)8-12)9-16(11-18)5-4-6-17-10-16/h7-8,17-18H,4-6,9-11H2,1-3H3. The second-order valence-corrected chi connectivity index (χ2v) is 5.99. The Kier molecular flexibility index (Phi) is 4.08. The van der Waals surface area contributed by atoms with Crippen molar-refractivity contribution in [2.75, 3.05) is 19.7 Å². The first-order valence-corrected chi connectivity index (χ1v) is 6.95. The Morgan fingerprint density at radius 3 is 2.39 bits per heavy atom. The van der Waals surface area contributed by atoms with Crippen LogP contribution < -0.4 is 5.32 Å². The van der Waals surface area contributed by atoms with E-state index in [1.165, 1.54) is 28.7 Å². The lowest BCUT2D eigenvalue weighted by Crippen LogP contribution is -2.44. The highest BCUT2D eigenvalue weighted by atomic mass is 16.3. The third kappa shape index (κ3) is 2.76. The Hall–Kier alpha value is -0.860. The molecule has 0 aliphatic carbocycles. The van der Waals surface area contributed by atoms with E-state index in [4.69, 9.17) is 0 Å². The minimum Gasteiger partial charge on any atom is -0.396 e. The number of nitrogens with one attached hydrogen (secondary N) is 1. The molecule has 1 saturated heterocycles. The van der Waals surface area contributed by atoms with Crippen LogP contribution in [-0.4, -0.2) is 24.8 Å². The van der Waals surface area contributed by atoms with E-state index in [1.54, 1.807) is 0 Å². The summed E-state index contributed by atoms with van der Waals surface area (Å²) >= 11 is 0. The molecule has 0 radical (unpaired) electrons. The van der Waals surface area contributed by atoms with E-state index in [-0.39, 0.29) is 12.0 Å². The smallest absolute Gasteiger partial charge is 0.0502 e. The third-order valence-electron chi connectivity index (χ3n) is 4.29. The molecular weight excluding hydrogens is 222 g/mol. The summed E-state index contributed by atoms with van der Waals surface area (Å²) in [6, 6.07) is 4.51. The van der Waals surface area contributed by atoms with Crippen LogP contribution in [0.2, 0.25) is 0 Å². The molecule has 0 spiro atoms. The highest BCUT2D eigenvalue weighted by molar-refractivity contribution is 5.38. The van der Waals surface area contributed by atoms with Gasteiger partial charge in [0, 0.05) is 12.0 Å². The number of aliphatic hydroxyl groups is 1. The van der Waals surface area contributed by atoms with Crippen molar-refractivity contribution in [2.24, 2.45) is 5.41 Å². The second-order valence-electron chi connectivity index (χ2n) is 5.99. The zero-order valence-electron chi connectivity index (χ0n) is 11.8. The van der Waals surface area contributed by atoms with Crippen molar-refractivity contribution in [3.8, 4) is 0 Å². The van der Waals surface area contributed by atoms with Gasteiger partial charge in [-0.2, -0.15) is 0 Å². The third-order valence-corrected chi connectivity index (χ3v) is 4.29. The molecule has 2 heteroatoms. The van der Waals surface area contributed by atoms with E-state index in [0.717, 1.165) is 25.9 Å². The number of hydrogen-bond donors (Lipinski definition) is 2. The van der Waals surface area contributed by atoms with Gasteiger partial charge in [-0.15, -0.1) is 0 Å². The summed E-state index contributed by atoms with van der Waals surface area (Å²) < 4.78 is 0. The van der Waals surface area contributed by atoms with Gasteiger partial charge in [0.15, 0.2) is 0 Å². The lowest BCUT2D eigenvalue weighted by Gasteiger charge is -2.37. The van der Waals surface area contributed by atoms with Crippen molar-refractivity contribution in [3.05, 3.63) is 34.4 Å². The number of aliphatic hydroxyl groups excluding tert-OH is 1. The summed E-state index contributed by atoms with van der Waals surface area (Å²) in [7, 11) is 0. The Balaban J connectivity index is 2.27. The maximum absolute atomic E-state index is 9.80. The molecule has 2 N–H and O–H groups in total. The molecule has 1 aromatic rings. The minimum absolute atomic E-state index is 0.0447. The molecule has 1 aliphatic heterocycles. The fraction of sp³-hybridized carbons (Fsp3) is 0.625. The Morgan fingerprint density at radius 2 is 1.89 bits per heavy atom. The summed E-state index contributed by atoms with van der Waals surface area (Å²) in [4.78, 5) is 0. The van der Waals surface area contributed by atoms with Gasteiger partial charge in [0.2, 0.25) is 0 Å². The first-order valence-electron chi connectivity index (χ1n) is 6.95. The van der Waals surface area contributed by atoms with Crippen molar-refractivity contribution in [2.45, 2.75) is 40.0 Å². The van der Waals surface area contributed by atoms with Crippen LogP contribution in [0.5, 0.6) is 0 Å². The Bertz CT molecular complexity index is 396. The molecular formula is C16H25NO. The Labute approximate surface area is 110 Å². The largest absolute Gasteiger partial charge is 0.396 e.